The number of carboxylic acids is 1. The number of aryl methyl sites for hydroxylation is 1. The van der Waals surface area contributed by atoms with Crippen LogP contribution in [0.5, 0.6) is 0 Å². The summed E-state index contributed by atoms with van der Waals surface area (Å²) in [7, 11) is 1.86. The minimum atomic E-state index is -0.799. The first-order valence-electron chi connectivity index (χ1n) is 45.7. The van der Waals surface area contributed by atoms with Gasteiger partial charge in [0, 0.05) is 97.2 Å². The highest BCUT2D eigenvalue weighted by Crippen LogP contribution is 2.31. The van der Waals surface area contributed by atoms with Crippen LogP contribution in [0, 0.1) is 5.92 Å². The summed E-state index contributed by atoms with van der Waals surface area (Å²) < 4.78 is 8.08. The van der Waals surface area contributed by atoms with Gasteiger partial charge >= 0.3 is 5.97 Å². The van der Waals surface area contributed by atoms with Crippen molar-refractivity contribution < 1.29 is 14.3 Å². The van der Waals surface area contributed by atoms with Gasteiger partial charge in [-0.3, -0.25) is 24.4 Å². The van der Waals surface area contributed by atoms with Crippen molar-refractivity contribution in [3.63, 3.8) is 0 Å². The molecule has 0 bridgehead atoms. The van der Waals surface area contributed by atoms with Gasteiger partial charge in [0.1, 0.15) is 17.6 Å². The van der Waals surface area contributed by atoms with Crippen LogP contribution in [-0.4, -0.2) is 97.8 Å². The fraction of sp³-hybridized carbons (Fsp3) is 0.237. The van der Waals surface area contributed by atoms with Crippen molar-refractivity contribution in [1.82, 2.24) is 65.5 Å². The number of aliphatic carboxylic acids is 1. The van der Waals surface area contributed by atoms with E-state index < -0.39 is 5.97 Å². The van der Waals surface area contributed by atoms with E-state index in [1.54, 1.807) is 71.9 Å². The third-order valence-electron chi connectivity index (χ3n) is 21.1. The molecular formula is C131H174N14O3S. The van der Waals surface area contributed by atoms with Crippen molar-refractivity contribution in [3.8, 4) is 33.5 Å². The number of nitrogens with one attached hydrogen (secondary N) is 4. The van der Waals surface area contributed by atoms with Gasteiger partial charge in [-0.2, -0.15) is 0 Å². The average Bonchev–Trinajstić information content (AvgIpc) is 1.74. The first-order valence-corrected chi connectivity index (χ1v) is 46.6. The zero-order valence-electron chi connectivity index (χ0n) is 76.4. The van der Waals surface area contributed by atoms with Crippen LogP contribution < -0.4 is 10.6 Å². The maximum absolute atomic E-state index is 10.5. The van der Waals surface area contributed by atoms with Gasteiger partial charge in [-0.05, 0) is 186 Å². The Morgan fingerprint density at radius 3 is 1.32 bits per heavy atom. The Bertz CT molecular complexity index is 5900. The number of aliphatic imine (C=N–C) groups is 1. The van der Waals surface area contributed by atoms with Gasteiger partial charge in [0.2, 0.25) is 0 Å². The van der Waals surface area contributed by atoms with Crippen LogP contribution in [0.25, 0.3) is 87.3 Å². The molecule has 21 aromatic rings. The molecule has 5 N–H and O–H groups in total. The number of fused-ring (bicyclic) bond motifs is 7. The van der Waals surface area contributed by atoms with Crippen LogP contribution in [0.3, 0.4) is 0 Å². The molecule has 2 unspecified atom stereocenters. The number of pyridine rings is 2. The Labute approximate surface area is 900 Å². The summed E-state index contributed by atoms with van der Waals surface area (Å²) in [6.07, 6.45) is 36.9. The molecule has 25 rings (SSSR count). The summed E-state index contributed by atoms with van der Waals surface area (Å²) in [6, 6.07) is 134. The van der Waals surface area contributed by atoms with Crippen LogP contribution in [-0.2, 0) is 24.7 Å². The van der Waals surface area contributed by atoms with Crippen LogP contribution >= 0.6 is 11.3 Å². The number of benzene rings is 13. The number of thiazole rings is 1. The van der Waals surface area contributed by atoms with E-state index in [0.29, 0.717) is 0 Å². The quantitative estimate of drug-likeness (QED) is 0.108. The third kappa shape index (κ3) is 54.8. The molecule has 0 radical (unpaired) electrons. The lowest BCUT2D eigenvalue weighted by Gasteiger charge is -2.36. The number of aromatic amines is 2. The van der Waals surface area contributed by atoms with Gasteiger partial charge in [0.05, 0.1) is 52.1 Å². The first-order chi connectivity index (χ1) is 66.8. The van der Waals surface area contributed by atoms with Gasteiger partial charge in [-0.15, -0.1) is 16.4 Å². The van der Waals surface area contributed by atoms with Crippen LogP contribution in [0.15, 0.2) is 490 Å². The summed E-state index contributed by atoms with van der Waals surface area (Å²) in [6.45, 7) is 3.78. The summed E-state index contributed by atoms with van der Waals surface area (Å²) in [4.78, 5) is 43.7. The zero-order valence-corrected chi connectivity index (χ0v) is 77.2. The molecule has 18 heteroatoms. The molecule has 3 fully saturated rings. The molecule has 149 heavy (non-hydrogen) atoms. The number of imidazole rings is 1. The third-order valence-corrected chi connectivity index (χ3v) is 21.9. The second-order valence-corrected chi connectivity index (χ2v) is 31.8. The molecule has 0 amide bonds. The maximum Gasteiger partial charge on any atom is 0.307 e. The highest BCUT2D eigenvalue weighted by molar-refractivity contribution is 7.16. The number of carbonyl (C=O) groups is 1. The van der Waals surface area contributed by atoms with Crippen LogP contribution in [0.2, 0.25) is 0 Å². The molecule has 4 aliphatic rings. The molecule has 17 nitrogen and oxygen atoms in total. The molecule has 792 valence electrons. The Hall–Kier alpha value is -15.9. The van der Waals surface area contributed by atoms with Crippen molar-refractivity contribution in [1.29, 1.82) is 0 Å². The number of furan rings is 1. The Kier molecular flexibility index (Phi) is 80.9. The maximum atomic E-state index is 10.5. The van der Waals surface area contributed by atoms with Gasteiger partial charge in [-0.1, -0.05) is 456 Å². The van der Waals surface area contributed by atoms with Crippen molar-refractivity contribution >= 4 is 83.0 Å². The van der Waals surface area contributed by atoms with E-state index in [0.717, 1.165) is 74.0 Å². The fourth-order valence-corrected chi connectivity index (χ4v) is 15.0. The van der Waals surface area contributed by atoms with E-state index in [2.05, 4.69) is 205 Å². The van der Waals surface area contributed by atoms with Gasteiger partial charge < -0.3 is 30.1 Å². The molecule has 3 aliphatic heterocycles. The molecule has 11 heterocycles. The van der Waals surface area contributed by atoms with Gasteiger partial charge in [0.25, 0.3) is 0 Å². The summed E-state index contributed by atoms with van der Waals surface area (Å²) >= 11 is 1.68. The van der Waals surface area contributed by atoms with E-state index in [1.165, 1.54) is 132 Å². The Balaban J connectivity index is -0.000000756. The lowest BCUT2D eigenvalue weighted by molar-refractivity contribution is -0.136. The Morgan fingerprint density at radius 2 is 0.866 bits per heavy atom. The zero-order chi connectivity index (χ0) is 93.4. The second kappa shape index (κ2) is 86.4. The Morgan fingerprint density at radius 1 is 0.389 bits per heavy atom. The second-order valence-electron chi connectivity index (χ2n) is 30.9. The van der Waals surface area contributed by atoms with Gasteiger partial charge in [0.15, 0.2) is 0 Å². The average molecular weight is 2020 g/mol. The smallest absolute Gasteiger partial charge is 0.307 e. The standard InChI is InChI=1S/C14H12O2.C12H10.C10H8.C9H9N3.C9H17N.C9H7N.2C8H7N.C8H6O.C7H5NS.C6H6.C5H11N.C5H5N.C4H4N2.C3H4N2.14CH4/c15-14(16)10-11-6-8-13(9-7-11)12-4-2-1-3-5-12;1-3-7-11(8-4-1)12-9-5-2-6-10-12;1-2-6-10-8-4-3-7-9(10)5-1;1-12-7-9(10-11-12)8-5-3-2-4-6-8;2*1-2-6-9-8(4-1)5-3-7-10-9;3*1-2-4-8-7(3-1)5-6-9-8;1-2-4-7-6(3-1)8-5-9-7;3*1-2-4-6-5-3-1;1-2-5-4-6-3-1;1-2-5-3-4-1;;;;;;;;;;;;;;/h1-9H,10H2,(H,15,16);1-10H;1-8H;2-7H,1H3;8-10H,1-7H2;1-7H;1-4,6H,5H2;1-6,9H;1-6H;1-5H;1-6H;6H,1-5H2;1-5H;1-4H;1-3H,(H,4,5);14*1H4. The minimum Gasteiger partial charge on any atom is -0.481 e. The lowest BCUT2D eigenvalue weighted by Crippen LogP contribution is -2.42. The fourth-order valence-electron chi connectivity index (χ4n) is 14.3. The van der Waals surface area contributed by atoms with Crippen molar-refractivity contribution in [3.05, 3.63) is 492 Å². The number of nitrogens with zero attached hydrogens (tertiary/aromatic N) is 10. The number of aromatic nitrogens is 11. The highest BCUT2D eigenvalue weighted by atomic mass is 32.1. The van der Waals surface area contributed by atoms with Crippen molar-refractivity contribution in [2.75, 3.05) is 19.6 Å². The van der Waals surface area contributed by atoms with Crippen LogP contribution in [0.1, 0.15) is 173 Å². The molecule has 1 saturated carbocycles. The number of piperidine rings is 2. The number of hydrogen-bond acceptors (Lipinski definition) is 14. The monoisotopic (exact) mass is 2020 g/mol. The molecule has 8 aromatic heterocycles. The predicted octanol–water partition coefficient (Wildman–Crippen LogP) is 37.0. The highest BCUT2D eigenvalue weighted by Gasteiger charge is 2.26. The summed E-state index contributed by atoms with van der Waals surface area (Å²) in [5.74, 6) is 0.245. The van der Waals surface area contributed by atoms with E-state index >= 15 is 0 Å². The molecule has 13 aromatic carbocycles. The van der Waals surface area contributed by atoms with Crippen molar-refractivity contribution in [2.24, 2.45) is 18.0 Å². The largest absolute Gasteiger partial charge is 0.481 e. The van der Waals surface area contributed by atoms with E-state index in [1.807, 2.05) is 292 Å². The van der Waals surface area contributed by atoms with Gasteiger partial charge in [-0.25, -0.2) is 19.9 Å². The summed E-state index contributed by atoms with van der Waals surface area (Å²) in [5.41, 5.74) is 16.3. The minimum absolute atomic E-state index is 0. The van der Waals surface area contributed by atoms with E-state index in [4.69, 9.17) is 9.52 Å². The van der Waals surface area contributed by atoms with Crippen molar-refractivity contribution in [2.45, 2.75) is 181 Å². The molecule has 2 atom stereocenters. The number of carboxylic acid groups (broad SMARTS) is 1. The lowest BCUT2D eigenvalue weighted by atomic mass is 9.80. The van der Waals surface area contributed by atoms with E-state index in [9.17, 15) is 4.79 Å². The molecular weight excluding hydrogens is 1850 g/mol. The number of rotatable bonds is 5. The topological polar surface area (TPSA) is 226 Å². The molecule has 0 spiro atoms. The molecule has 1 aliphatic carbocycles. The number of H-pyrrole nitrogens is 2. The number of hydrogen-bond donors (Lipinski definition) is 5. The first kappa shape index (κ1) is 139. The molecule has 2 saturated heterocycles. The summed E-state index contributed by atoms with van der Waals surface area (Å²) in [5, 5.41) is 29.7. The number of para-hydroxylation sites is 5. The normalized spacial score (nSPS) is 11.6. The van der Waals surface area contributed by atoms with Crippen LogP contribution in [0.4, 0.5) is 5.69 Å². The van der Waals surface area contributed by atoms with E-state index in [-0.39, 0.29) is 110 Å². The SMILES string of the molecule is C.C.C.C.C.C.C.C.C.C.C.C.C.C.C1=Nc2ccccc2C1.C1CCC2NCCCC2C1.C1CCNCC1.Cn1cc(-c2ccccc2)nn1.O=C(O)Cc1ccc(-c2ccccc2)cc1.c1c[nH]cn1.c1ccc(-c2ccccc2)cc1.c1ccc2[nH]ccc2c1.c1ccc2ccccc2c1.c1ccc2ncccc2c1.c1ccc2occc2c1.c1ccc2scnc2c1.c1ccccc1.c1ccncc1.c1cncnc1. The predicted molar refractivity (Wildman–Crippen MR) is 655 cm³/mol.